The number of carbonyl (C=O) groups is 1. The van der Waals surface area contributed by atoms with Gasteiger partial charge in [0.25, 0.3) is 9.05 Å². The molecule has 21 heavy (non-hydrogen) atoms. The second-order valence-corrected chi connectivity index (χ2v) is 7.78. The van der Waals surface area contributed by atoms with Crippen molar-refractivity contribution < 1.29 is 22.7 Å². The van der Waals surface area contributed by atoms with Crippen LogP contribution in [0, 0.1) is 0 Å². The fourth-order valence-corrected chi connectivity index (χ4v) is 3.58. The lowest BCUT2D eigenvalue weighted by Gasteiger charge is -2.09. The number of ether oxygens (including phenoxy) is 2. The van der Waals surface area contributed by atoms with E-state index in [4.69, 9.17) is 31.8 Å². The molecule has 0 atom stereocenters. The van der Waals surface area contributed by atoms with Crippen LogP contribution in [0.15, 0.2) is 21.5 Å². The highest BCUT2D eigenvalue weighted by Crippen LogP contribution is 2.32. The van der Waals surface area contributed by atoms with E-state index in [-0.39, 0.29) is 28.7 Å². The minimum atomic E-state index is -4.07. The van der Waals surface area contributed by atoms with Gasteiger partial charge >= 0.3 is 5.97 Å². The highest BCUT2D eigenvalue weighted by molar-refractivity contribution is 9.10. The Hall–Kier alpha value is -0.340. The van der Waals surface area contributed by atoms with Crippen LogP contribution in [0.3, 0.4) is 0 Å². The van der Waals surface area contributed by atoms with Crippen molar-refractivity contribution in [2.24, 2.45) is 0 Å². The normalized spacial score (nSPS) is 11.4. The van der Waals surface area contributed by atoms with Crippen LogP contribution in [0.25, 0.3) is 0 Å². The minimum Gasteiger partial charge on any atom is -0.460 e. The quantitative estimate of drug-likeness (QED) is 0.383. The first-order valence-electron chi connectivity index (χ1n) is 5.96. The molecule has 9 heteroatoms. The van der Waals surface area contributed by atoms with Gasteiger partial charge in [0.1, 0.15) is 11.5 Å². The summed E-state index contributed by atoms with van der Waals surface area (Å²) in [6.07, 6.45) is 0.863. The van der Waals surface area contributed by atoms with Crippen LogP contribution < -0.4 is 0 Å². The number of benzene rings is 1. The molecule has 1 rings (SSSR count). The summed E-state index contributed by atoms with van der Waals surface area (Å²) in [5.74, 6) is -0.747. The van der Waals surface area contributed by atoms with E-state index < -0.39 is 15.0 Å². The maximum atomic E-state index is 11.9. The van der Waals surface area contributed by atoms with Crippen LogP contribution >= 0.6 is 38.2 Å². The molecule has 0 radical (unpaired) electrons. The van der Waals surface area contributed by atoms with Crippen molar-refractivity contribution in [3.05, 3.63) is 27.2 Å². The zero-order valence-corrected chi connectivity index (χ0v) is 15.0. The lowest BCUT2D eigenvalue weighted by molar-refractivity contribution is 0.0318. The van der Waals surface area contributed by atoms with Gasteiger partial charge in [0.15, 0.2) is 0 Å². The van der Waals surface area contributed by atoms with Gasteiger partial charge in [-0.3, -0.25) is 0 Å². The summed E-state index contributed by atoms with van der Waals surface area (Å²) in [7, 11) is 1.20. The number of hydrogen-bond donors (Lipinski definition) is 0. The molecule has 0 aliphatic carbocycles. The smallest absolute Gasteiger partial charge is 0.339 e. The summed E-state index contributed by atoms with van der Waals surface area (Å²) >= 11 is 9.00. The van der Waals surface area contributed by atoms with E-state index in [2.05, 4.69) is 15.9 Å². The first-order valence-corrected chi connectivity index (χ1v) is 9.44. The molecule has 0 amide bonds. The van der Waals surface area contributed by atoms with E-state index in [1.165, 1.54) is 12.1 Å². The minimum absolute atomic E-state index is 0.0463. The molecule has 0 N–H and O–H groups in total. The molecule has 118 valence electrons. The highest BCUT2D eigenvalue weighted by Gasteiger charge is 2.22. The van der Waals surface area contributed by atoms with E-state index in [1.54, 1.807) is 0 Å². The molecule has 0 fully saturated rings. The molecular weight excluding hydrogens is 407 g/mol. The number of carbonyl (C=O) groups excluding carboxylic acids is 1. The zero-order valence-electron chi connectivity index (χ0n) is 11.1. The van der Waals surface area contributed by atoms with E-state index >= 15 is 0 Å². The van der Waals surface area contributed by atoms with Gasteiger partial charge in [0, 0.05) is 21.8 Å². The predicted octanol–water partition coefficient (Wildman–Crippen LogP) is 3.61. The summed E-state index contributed by atoms with van der Waals surface area (Å²) in [6.45, 7) is 2.84. The van der Waals surface area contributed by atoms with Gasteiger partial charge in [-0.15, -0.1) is 0 Å². The maximum Gasteiger partial charge on any atom is 0.339 e. The van der Waals surface area contributed by atoms with Gasteiger partial charge in [-0.25, -0.2) is 13.2 Å². The van der Waals surface area contributed by atoms with Crippen molar-refractivity contribution in [3.8, 4) is 0 Å². The molecule has 0 heterocycles. The van der Waals surface area contributed by atoms with Crippen molar-refractivity contribution in [3.63, 3.8) is 0 Å². The van der Waals surface area contributed by atoms with Gasteiger partial charge < -0.3 is 9.47 Å². The molecule has 0 aliphatic rings. The van der Waals surface area contributed by atoms with Crippen LogP contribution in [0.4, 0.5) is 0 Å². The van der Waals surface area contributed by atoms with Crippen molar-refractivity contribution in [1.29, 1.82) is 0 Å². The third kappa shape index (κ3) is 5.75. The fourth-order valence-electron chi connectivity index (χ4n) is 1.41. The van der Waals surface area contributed by atoms with E-state index in [0.717, 1.165) is 6.42 Å². The third-order valence-electron chi connectivity index (χ3n) is 2.30. The van der Waals surface area contributed by atoms with Gasteiger partial charge in [-0.05, 0) is 18.6 Å². The molecule has 0 unspecified atom stereocenters. The average Bonchev–Trinajstić information content (AvgIpc) is 2.39. The van der Waals surface area contributed by atoms with Crippen LogP contribution in [0.2, 0.25) is 5.02 Å². The van der Waals surface area contributed by atoms with Crippen LogP contribution in [-0.4, -0.2) is 34.2 Å². The molecule has 0 aromatic heterocycles. The maximum absolute atomic E-state index is 11.9. The average molecular weight is 420 g/mol. The molecule has 5 nitrogen and oxygen atoms in total. The van der Waals surface area contributed by atoms with E-state index in [1.807, 2.05) is 6.92 Å². The number of hydrogen-bond acceptors (Lipinski definition) is 5. The van der Waals surface area contributed by atoms with Crippen molar-refractivity contribution in [2.75, 3.05) is 19.8 Å². The molecule has 0 spiro atoms. The Kier molecular flexibility index (Phi) is 7.42. The Morgan fingerprint density at radius 3 is 2.52 bits per heavy atom. The van der Waals surface area contributed by atoms with Crippen molar-refractivity contribution in [1.82, 2.24) is 0 Å². The molecule has 0 bridgehead atoms. The molecule has 0 saturated carbocycles. The van der Waals surface area contributed by atoms with Crippen LogP contribution in [0.1, 0.15) is 23.7 Å². The second-order valence-electron chi connectivity index (χ2n) is 3.95. The van der Waals surface area contributed by atoms with E-state index in [0.29, 0.717) is 11.1 Å². The first kappa shape index (κ1) is 18.7. The fraction of sp³-hybridized carbons (Fsp3) is 0.417. The number of esters is 1. The summed E-state index contributed by atoms with van der Waals surface area (Å²) in [5.41, 5.74) is -0.0826. The Balaban J connectivity index is 2.88. The molecular formula is C12H13BrCl2O5S. The summed E-state index contributed by atoms with van der Waals surface area (Å²) in [4.78, 5) is 11.6. The topological polar surface area (TPSA) is 69.7 Å². The van der Waals surface area contributed by atoms with Gasteiger partial charge in [-0.2, -0.15) is 0 Å². The number of halogens is 3. The summed E-state index contributed by atoms with van der Waals surface area (Å²) in [6, 6.07) is 2.58. The Labute approximate surface area is 141 Å². The van der Waals surface area contributed by atoms with Gasteiger partial charge in [0.2, 0.25) is 0 Å². The number of rotatable bonds is 7. The molecule has 0 aliphatic heterocycles. The summed E-state index contributed by atoms with van der Waals surface area (Å²) < 4.78 is 33.3. The lowest BCUT2D eigenvalue weighted by atomic mass is 10.2. The zero-order chi connectivity index (χ0) is 16.0. The first-order chi connectivity index (χ1) is 9.77. The highest BCUT2D eigenvalue weighted by atomic mass is 79.9. The van der Waals surface area contributed by atoms with Crippen molar-refractivity contribution >= 4 is 53.2 Å². The SMILES string of the molecule is CCCOCCOC(=O)c1cc(Br)cc(S(=O)(=O)Cl)c1Cl. The predicted molar refractivity (Wildman–Crippen MR) is 83.6 cm³/mol. The largest absolute Gasteiger partial charge is 0.460 e. The Morgan fingerprint density at radius 1 is 1.29 bits per heavy atom. The Bertz CT molecular complexity index is 618. The van der Waals surface area contributed by atoms with Crippen LogP contribution in [0.5, 0.6) is 0 Å². The van der Waals surface area contributed by atoms with E-state index in [9.17, 15) is 13.2 Å². The third-order valence-corrected chi connectivity index (χ3v) is 4.62. The Morgan fingerprint density at radius 2 is 1.95 bits per heavy atom. The second kappa shape index (κ2) is 8.33. The van der Waals surface area contributed by atoms with Gasteiger partial charge in [-0.1, -0.05) is 34.5 Å². The molecule has 1 aromatic rings. The van der Waals surface area contributed by atoms with Gasteiger partial charge in [0.05, 0.1) is 17.2 Å². The lowest BCUT2D eigenvalue weighted by Crippen LogP contribution is -2.12. The standard InChI is InChI=1S/C12H13BrCl2O5S/c1-2-3-19-4-5-20-12(16)9-6-8(13)7-10(11(9)14)21(15,17)18/h6-7H,2-5H2,1H3. The van der Waals surface area contributed by atoms with Crippen LogP contribution in [-0.2, 0) is 18.5 Å². The molecule has 1 aromatic carbocycles. The summed E-state index contributed by atoms with van der Waals surface area (Å²) in [5, 5.41) is -0.271. The van der Waals surface area contributed by atoms with Crippen molar-refractivity contribution in [2.45, 2.75) is 18.2 Å². The monoisotopic (exact) mass is 418 g/mol. The molecule has 0 saturated heterocycles.